The summed E-state index contributed by atoms with van der Waals surface area (Å²) in [6.07, 6.45) is 13.2. The second kappa shape index (κ2) is 7.80. The first kappa shape index (κ1) is 16.3. The van der Waals surface area contributed by atoms with E-state index in [0.29, 0.717) is 12.5 Å². The van der Waals surface area contributed by atoms with Crippen LogP contribution in [0.3, 0.4) is 0 Å². The Morgan fingerprint density at radius 1 is 1.00 bits per heavy atom. The Bertz CT molecular complexity index is 593. The van der Waals surface area contributed by atoms with Gasteiger partial charge in [0.2, 0.25) is 11.6 Å². The fraction of sp³-hybridized carbons (Fsp3) is 0.389. The zero-order valence-corrected chi connectivity index (χ0v) is 12.8. The van der Waals surface area contributed by atoms with E-state index in [2.05, 4.69) is 12.2 Å². The molecule has 22 heavy (non-hydrogen) atoms. The van der Waals surface area contributed by atoms with Crippen LogP contribution in [0.25, 0.3) is 0 Å². The zero-order valence-electron chi connectivity index (χ0n) is 12.8. The smallest absolute Gasteiger partial charge is 0.225 e. The molecule has 0 spiro atoms. The van der Waals surface area contributed by atoms with Gasteiger partial charge in [0.25, 0.3) is 0 Å². The van der Waals surface area contributed by atoms with E-state index in [1.807, 2.05) is 12.2 Å². The predicted octanol–water partition coefficient (Wildman–Crippen LogP) is 2.22. The summed E-state index contributed by atoms with van der Waals surface area (Å²) in [4.78, 5) is 33.4. The Hall–Kier alpha value is -2.07. The highest BCUT2D eigenvalue weighted by molar-refractivity contribution is 6.46. The molecule has 0 aromatic heterocycles. The molecule has 1 N–H and O–H groups in total. The van der Waals surface area contributed by atoms with Gasteiger partial charge >= 0.3 is 0 Å². The number of ketones is 3. The largest absolute Gasteiger partial charge is 0.314 e. The molecule has 0 saturated carbocycles. The minimum Gasteiger partial charge on any atom is -0.314 e. The summed E-state index contributed by atoms with van der Waals surface area (Å²) in [6.45, 7) is 2.89. The molecule has 1 atom stereocenters. The third-order valence-electron chi connectivity index (χ3n) is 3.83. The van der Waals surface area contributed by atoms with Crippen LogP contribution in [0.15, 0.2) is 47.6 Å². The Labute approximate surface area is 130 Å². The van der Waals surface area contributed by atoms with Crippen molar-refractivity contribution in [2.75, 3.05) is 6.54 Å². The molecular weight excluding hydrogens is 278 g/mol. The minimum atomic E-state index is -0.447. The van der Waals surface area contributed by atoms with Gasteiger partial charge in [0, 0.05) is 12.5 Å². The van der Waals surface area contributed by atoms with Gasteiger partial charge < -0.3 is 5.32 Å². The lowest BCUT2D eigenvalue weighted by atomic mass is 9.99. The number of carbonyl (C=O) groups is 3. The van der Waals surface area contributed by atoms with E-state index < -0.39 is 11.6 Å². The highest BCUT2D eigenvalue weighted by Crippen LogP contribution is 2.14. The van der Waals surface area contributed by atoms with Gasteiger partial charge in [-0.3, -0.25) is 14.4 Å². The molecule has 0 fully saturated rings. The maximum atomic E-state index is 11.3. The van der Waals surface area contributed by atoms with Crippen LogP contribution in [0.5, 0.6) is 0 Å². The lowest BCUT2D eigenvalue weighted by Gasteiger charge is -2.15. The van der Waals surface area contributed by atoms with Crippen molar-refractivity contribution in [2.24, 2.45) is 0 Å². The highest BCUT2D eigenvalue weighted by atomic mass is 16.2. The van der Waals surface area contributed by atoms with Gasteiger partial charge in [0.15, 0.2) is 5.78 Å². The van der Waals surface area contributed by atoms with Crippen LogP contribution in [-0.2, 0) is 14.4 Å². The lowest BCUT2D eigenvalue weighted by molar-refractivity contribution is -0.131. The summed E-state index contributed by atoms with van der Waals surface area (Å²) in [5.74, 6) is -0.717. The van der Waals surface area contributed by atoms with Crippen molar-refractivity contribution in [1.82, 2.24) is 5.32 Å². The van der Waals surface area contributed by atoms with Crippen molar-refractivity contribution in [3.05, 3.63) is 47.6 Å². The van der Waals surface area contributed by atoms with Gasteiger partial charge in [-0.15, -0.1) is 0 Å². The maximum absolute atomic E-state index is 11.3. The quantitative estimate of drug-likeness (QED) is 0.578. The van der Waals surface area contributed by atoms with E-state index in [-0.39, 0.29) is 5.78 Å². The summed E-state index contributed by atoms with van der Waals surface area (Å²) in [5, 5.41) is 3.42. The van der Waals surface area contributed by atoms with Crippen LogP contribution in [0.1, 0.15) is 32.6 Å². The predicted molar refractivity (Wildman–Crippen MR) is 85.4 cm³/mol. The van der Waals surface area contributed by atoms with E-state index in [0.717, 1.165) is 31.4 Å². The van der Waals surface area contributed by atoms with Crippen LogP contribution in [-0.4, -0.2) is 29.9 Å². The molecule has 1 unspecified atom stereocenters. The van der Waals surface area contributed by atoms with Crippen molar-refractivity contribution in [2.45, 2.75) is 38.6 Å². The Morgan fingerprint density at radius 2 is 1.77 bits per heavy atom. The van der Waals surface area contributed by atoms with Crippen LogP contribution in [0.2, 0.25) is 0 Å². The fourth-order valence-electron chi connectivity index (χ4n) is 2.41. The number of hydrogen-bond donors (Lipinski definition) is 1. The van der Waals surface area contributed by atoms with Crippen molar-refractivity contribution in [1.29, 1.82) is 0 Å². The second-order valence-corrected chi connectivity index (χ2v) is 5.71. The first-order valence-corrected chi connectivity index (χ1v) is 7.65. The molecule has 0 aromatic carbocycles. The summed E-state index contributed by atoms with van der Waals surface area (Å²) in [5.41, 5.74) is 2.11. The Kier molecular flexibility index (Phi) is 5.78. The van der Waals surface area contributed by atoms with Crippen LogP contribution in [0.4, 0.5) is 0 Å². The van der Waals surface area contributed by atoms with Gasteiger partial charge in [-0.05, 0) is 56.5 Å². The van der Waals surface area contributed by atoms with E-state index >= 15 is 0 Å². The van der Waals surface area contributed by atoms with E-state index in [1.54, 1.807) is 12.2 Å². The molecule has 2 aliphatic carbocycles. The van der Waals surface area contributed by atoms with Crippen molar-refractivity contribution < 1.29 is 14.4 Å². The molecule has 0 amide bonds. The molecule has 0 bridgehead atoms. The van der Waals surface area contributed by atoms with Crippen LogP contribution < -0.4 is 5.32 Å². The number of carbonyl (C=O) groups excluding carboxylic acids is 3. The summed E-state index contributed by atoms with van der Waals surface area (Å²) in [7, 11) is 0. The van der Waals surface area contributed by atoms with Crippen LogP contribution in [0, 0.1) is 0 Å². The molecule has 4 nitrogen and oxygen atoms in total. The molecule has 116 valence electrons. The van der Waals surface area contributed by atoms with Crippen molar-refractivity contribution in [3.63, 3.8) is 0 Å². The summed E-state index contributed by atoms with van der Waals surface area (Å²) in [6, 6.07) is 0.359. The fourth-order valence-corrected chi connectivity index (χ4v) is 2.41. The molecule has 0 saturated heterocycles. The molecule has 2 rings (SSSR count). The first-order chi connectivity index (χ1) is 10.5. The number of allylic oxidation sites excluding steroid dienone is 7. The van der Waals surface area contributed by atoms with Gasteiger partial charge in [-0.25, -0.2) is 0 Å². The lowest BCUT2D eigenvalue weighted by Crippen LogP contribution is -2.27. The standard InChI is InChI=1S/C18H21NO3/c1-13(2-3-14-4-7-16(20)8-5-14)19-11-10-15-6-9-17(21)18(22)12-15/h4-7,9,12-13,19H,2-3,8,10-11H2,1H3. The first-order valence-electron chi connectivity index (χ1n) is 7.65. The van der Waals surface area contributed by atoms with Gasteiger partial charge in [0.1, 0.15) is 0 Å². The minimum absolute atomic E-state index is 0.164. The van der Waals surface area contributed by atoms with E-state index in [1.165, 1.54) is 17.7 Å². The van der Waals surface area contributed by atoms with Gasteiger partial charge in [-0.2, -0.15) is 0 Å². The maximum Gasteiger partial charge on any atom is 0.225 e. The van der Waals surface area contributed by atoms with E-state index in [4.69, 9.17) is 0 Å². The SMILES string of the molecule is CC(CCC1=CCC(=O)C=C1)NCCC1=CC(=O)C(=O)C=C1. The molecule has 0 radical (unpaired) electrons. The molecule has 4 heteroatoms. The molecular formula is C18H21NO3. The summed E-state index contributed by atoms with van der Waals surface area (Å²) >= 11 is 0. The highest BCUT2D eigenvalue weighted by Gasteiger charge is 2.13. The normalized spacial score (nSPS) is 19.2. The van der Waals surface area contributed by atoms with Gasteiger partial charge in [0.05, 0.1) is 0 Å². The van der Waals surface area contributed by atoms with Crippen LogP contribution >= 0.6 is 0 Å². The Morgan fingerprint density at radius 3 is 2.45 bits per heavy atom. The number of rotatable bonds is 7. The summed E-state index contributed by atoms with van der Waals surface area (Å²) < 4.78 is 0. The number of hydrogen-bond acceptors (Lipinski definition) is 4. The Balaban J connectivity index is 1.65. The third-order valence-corrected chi connectivity index (χ3v) is 3.83. The molecule has 0 heterocycles. The average Bonchev–Trinajstić information content (AvgIpc) is 2.50. The molecule has 0 aliphatic heterocycles. The van der Waals surface area contributed by atoms with Crippen molar-refractivity contribution in [3.8, 4) is 0 Å². The monoisotopic (exact) mass is 299 g/mol. The van der Waals surface area contributed by atoms with Gasteiger partial charge in [-0.1, -0.05) is 23.8 Å². The topological polar surface area (TPSA) is 63.2 Å². The molecule has 0 aromatic rings. The number of nitrogens with one attached hydrogen (secondary N) is 1. The molecule has 2 aliphatic rings. The zero-order chi connectivity index (χ0) is 15.9. The third kappa shape index (κ3) is 5.04. The average molecular weight is 299 g/mol. The second-order valence-electron chi connectivity index (χ2n) is 5.71. The van der Waals surface area contributed by atoms with Crippen molar-refractivity contribution >= 4 is 17.3 Å². The van der Waals surface area contributed by atoms with E-state index in [9.17, 15) is 14.4 Å².